The lowest BCUT2D eigenvalue weighted by molar-refractivity contribution is -0.141. The summed E-state index contributed by atoms with van der Waals surface area (Å²) in [6, 6.07) is 13.9. The van der Waals surface area contributed by atoms with E-state index in [0.717, 1.165) is 12.0 Å². The minimum Gasteiger partial charge on any atom is -0.425 e. The Morgan fingerprint density at radius 3 is 2.03 bits per heavy atom. The Morgan fingerprint density at radius 2 is 1.52 bits per heavy atom. The summed E-state index contributed by atoms with van der Waals surface area (Å²) < 4.78 is 5.53. The summed E-state index contributed by atoms with van der Waals surface area (Å²) in [4.78, 5) is 37.0. The number of hydrogen-bond acceptors (Lipinski definition) is 4. The van der Waals surface area contributed by atoms with Crippen molar-refractivity contribution in [2.24, 2.45) is 11.8 Å². The van der Waals surface area contributed by atoms with E-state index < -0.39 is 17.9 Å². The number of anilines is 1. The molecule has 2 rings (SSSR count). The van der Waals surface area contributed by atoms with Gasteiger partial charge >= 0.3 is 5.97 Å². The molecule has 2 aromatic carbocycles. The quantitative estimate of drug-likeness (QED) is 0.389. The smallest absolute Gasteiger partial charge is 0.334 e. The van der Waals surface area contributed by atoms with Gasteiger partial charge in [0.05, 0.1) is 5.92 Å². The van der Waals surface area contributed by atoms with Gasteiger partial charge in [0, 0.05) is 12.6 Å². The molecule has 3 atom stereocenters. The zero-order valence-electron chi connectivity index (χ0n) is 20.5. The summed E-state index contributed by atoms with van der Waals surface area (Å²) in [7, 11) is 0. The third-order valence-corrected chi connectivity index (χ3v) is 5.67. The van der Waals surface area contributed by atoms with Crippen molar-refractivity contribution >= 4 is 23.5 Å². The number of nitrogens with one attached hydrogen (secondary N) is 2. The zero-order valence-corrected chi connectivity index (χ0v) is 20.5. The summed E-state index contributed by atoms with van der Waals surface area (Å²) in [5, 5.41) is 5.57. The van der Waals surface area contributed by atoms with Crippen LogP contribution in [0, 0.1) is 11.8 Å². The van der Waals surface area contributed by atoms with Crippen LogP contribution in [-0.4, -0.2) is 23.8 Å². The number of esters is 1. The Balaban J connectivity index is 2.07. The van der Waals surface area contributed by atoms with E-state index in [1.165, 1.54) is 12.5 Å². The third-order valence-electron chi connectivity index (χ3n) is 5.67. The lowest BCUT2D eigenvalue weighted by Crippen LogP contribution is -2.48. The first kappa shape index (κ1) is 26.1. The van der Waals surface area contributed by atoms with Crippen LogP contribution in [0.15, 0.2) is 48.5 Å². The van der Waals surface area contributed by atoms with Crippen molar-refractivity contribution in [2.45, 2.75) is 66.3 Å². The molecule has 0 radical (unpaired) electrons. The normalized spacial score (nSPS) is 13.7. The Kier molecular flexibility index (Phi) is 9.64. The largest absolute Gasteiger partial charge is 0.425 e. The van der Waals surface area contributed by atoms with E-state index >= 15 is 0 Å². The maximum atomic E-state index is 13.0. The number of ether oxygens (including phenoxy) is 1. The van der Waals surface area contributed by atoms with Gasteiger partial charge in [-0.15, -0.1) is 0 Å². The van der Waals surface area contributed by atoms with Crippen LogP contribution in [0.4, 0.5) is 5.69 Å². The van der Waals surface area contributed by atoms with E-state index in [-0.39, 0.29) is 17.7 Å². The fraction of sp³-hybridized carbons (Fsp3) is 0.444. The van der Waals surface area contributed by atoms with Crippen molar-refractivity contribution in [3.63, 3.8) is 0 Å². The van der Waals surface area contributed by atoms with Crippen LogP contribution in [0.3, 0.4) is 0 Å². The summed E-state index contributed by atoms with van der Waals surface area (Å²) in [6.07, 6.45) is 1.70. The monoisotopic (exact) mass is 452 g/mol. The first-order chi connectivity index (χ1) is 15.6. The van der Waals surface area contributed by atoms with E-state index in [4.69, 9.17) is 4.74 Å². The van der Waals surface area contributed by atoms with Crippen LogP contribution in [0.5, 0.6) is 5.75 Å². The molecule has 0 aliphatic carbocycles. The molecule has 0 aliphatic heterocycles. The van der Waals surface area contributed by atoms with Crippen molar-refractivity contribution in [1.82, 2.24) is 5.32 Å². The lowest BCUT2D eigenvalue weighted by atomic mass is 9.94. The molecule has 0 saturated heterocycles. The van der Waals surface area contributed by atoms with Gasteiger partial charge in [-0.2, -0.15) is 0 Å². The maximum Gasteiger partial charge on any atom is 0.334 e. The molecule has 2 amide bonds. The van der Waals surface area contributed by atoms with Gasteiger partial charge in [0.25, 0.3) is 0 Å². The molecule has 0 aliphatic rings. The summed E-state index contributed by atoms with van der Waals surface area (Å²) in [5.74, 6) is -0.469. The number of amides is 2. The summed E-state index contributed by atoms with van der Waals surface area (Å²) in [6.45, 7) is 11.5. The van der Waals surface area contributed by atoms with Crippen molar-refractivity contribution in [2.75, 3.05) is 5.32 Å². The number of carbonyl (C=O) groups excluding carboxylic acids is 3. The number of benzene rings is 2. The zero-order chi connectivity index (χ0) is 24.5. The Bertz CT molecular complexity index is 936. The van der Waals surface area contributed by atoms with E-state index in [9.17, 15) is 14.4 Å². The van der Waals surface area contributed by atoms with Gasteiger partial charge in [0.1, 0.15) is 11.8 Å². The fourth-order valence-corrected chi connectivity index (χ4v) is 3.50. The van der Waals surface area contributed by atoms with Crippen LogP contribution >= 0.6 is 0 Å². The van der Waals surface area contributed by atoms with Gasteiger partial charge in [0.2, 0.25) is 11.8 Å². The molecule has 0 spiro atoms. The molecular weight excluding hydrogens is 416 g/mol. The van der Waals surface area contributed by atoms with Crippen molar-refractivity contribution in [1.29, 1.82) is 0 Å². The number of hydrogen-bond donors (Lipinski definition) is 2. The van der Waals surface area contributed by atoms with E-state index in [0.29, 0.717) is 23.8 Å². The minimum atomic E-state index is -0.764. The van der Waals surface area contributed by atoms with Gasteiger partial charge in [-0.05, 0) is 60.6 Å². The molecule has 0 heterocycles. The van der Waals surface area contributed by atoms with Gasteiger partial charge in [0.15, 0.2) is 0 Å². The standard InChI is InChI=1S/C27H36N2O4/c1-7-18(4)25(27(32)33-24-14-12-23(13-15-24)28-20(6)30)29-26(31)19(5)22-10-8-21(9-11-22)16-17(2)3/h8-15,17-19,25H,7,16H2,1-6H3,(H,28,30)(H,29,31)/t18-,19-,25-/m0/s1. The molecule has 2 N–H and O–H groups in total. The van der Waals surface area contributed by atoms with E-state index in [1.54, 1.807) is 24.3 Å². The number of carbonyl (C=O) groups is 3. The summed E-state index contributed by atoms with van der Waals surface area (Å²) >= 11 is 0. The van der Waals surface area contributed by atoms with Crippen LogP contribution < -0.4 is 15.4 Å². The van der Waals surface area contributed by atoms with E-state index in [2.05, 4.69) is 36.6 Å². The number of rotatable bonds is 10. The molecule has 178 valence electrons. The molecule has 0 saturated carbocycles. The van der Waals surface area contributed by atoms with Crippen molar-refractivity contribution < 1.29 is 19.1 Å². The minimum absolute atomic E-state index is 0.0966. The molecule has 6 heteroatoms. The third kappa shape index (κ3) is 8.04. The first-order valence-corrected chi connectivity index (χ1v) is 11.6. The fourth-order valence-electron chi connectivity index (χ4n) is 3.50. The van der Waals surface area contributed by atoms with Crippen molar-refractivity contribution in [3.05, 3.63) is 59.7 Å². The van der Waals surface area contributed by atoms with Gasteiger partial charge in [-0.3, -0.25) is 9.59 Å². The Labute approximate surface area is 197 Å². The van der Waals surface area contributed by atoms with Gasteiger partial charge < -0.3 is 15.4 Å². The topological polar surface area (TPSA) is 84.5 Å². The summed E-state index contributed by atoms with van der Waals surface area (Å²) in [5.41, 5.74) is 2.76. The Morgan fingerprint density at radius 1 is 0.909 bits per heavy atom. The van der Waals surface area contributed by atoms with Crippen LogP contribution in [0.25, 0.3) is 0 Å². The lowest BCUT2D eigenvalue weighted by Gasteiger charge is -2.24. The average molecular weight is 453 g/mol. The molecule has 2 aromatic rings. The highest BCUT2D eigenvalue weighted by Crippen LogP contribution is 2.21. The van der Waals surface area contributed by atoms with Crippen LogP contribution in [0.1, 0.15) is 65.0 Å². The van der Waals surface area contributed by atoms with Crippen LogP contribution in [-0.2, 0) is 20.8 Å². The Hall–Kier alpha value is -3.15. The highest BCUT2D eigenvalue weighted by atomic mass is 16.5. The van der Waals surface area contributed by atoms with E-state index in [1.807, 2.05) is 32.9 Å². The average Bonchev–Trinajstić information content (AvgIpc) is 2.77. The SMILES string of the molecule is CC[C@H](C)[C@H](NC(=O)[C@@H](C)c1ccc(CC(C)C)cc1)C(=O)Oc1ccc(NC(C)=O)cc1. The second-order valence-electron chi connectivity index (χ2n) is 9.06. The first-order valence-electron chi connectivity index (χ1n) is 11.6. The molecule has 0 bridgehead atoms. The molecule has 0 fully saturated rings. The second-order valence-corrected chi connectivity index (χ2v) is 9.06. The highest BCUT2D eigenvalue weighted by molar-refractivity contribution is 5.90. The predicted octanol–water partition coefficient (Wildman–Crippen LogP) is 5.08. The highest BCUT2D eigenvalue weighted by Gasteiger charge is 2.30. The van der Waals surface area contributed by atoms with Crippen molar-refractivity contribution in [3.8, 4) is 5.75 Å². The second kappa shape index (κ2) is 12.2. The van der Waals surface area contributed by atoms with Gasteiger partial charge in [-0.1, -0.05) is 58.4 Å². The maximum absolute atomic E-state index is 13.0. The molecule has 0 aromatic heterocycles. The molecule has 6 nitrogen and oxygen atoms in total. The van der Waals surface area contributed by atoms with Crippen LogP contribution in [0.2, 0.25) is 0 Å². The molecule has 0 unspecified atom stereocenters. The van der Waals surface area contributed by atoms with Gasteiger partial charge in [-0.25, -0.2) is 4.79 Å². The molecule has 33 heavy (non-hydrogen) atoms. The molecular formula is C27H36N2O4. The predicted molar refractivity (Wildman–Crippen MR) is 131 cm³/mol.